The van der Waals surface area contributed by atoms with Gasteiger partial charge in [0.2, 0.25) is 5.82 Å². The molecule has 0 radical (unpaired) electrons. The van der Waals surface area contributed by atoms with Gasteiger partial charge in [-0.05, 0) is 47.5 Å². The van der Waals surface area contributed by atoms with E-state index in [4.69, 9.17) is 0 Å². The summed E-state index contributed by atoms with van der Waals surface area (Å²) >= 11 is 0. The maximum atomic E-state index is 14.9. The largest absolute Gasteiger partial charge is 0.345 e. The number of fused-ring (bicyclic) bond motifs is 1. The molecule has 4 aromatic rings. The summed E-state index contributed by atoms with van der Waals surface area (Å²) in [7, 11) is 0. The van der Waals surface area contributed by atoms with E-state index >= 15 is 0 Å². The van der Waals surface area contributed by atoms with E-state index in [-0.39, 0.29) is 11.4 Å². The maximum Gasteiger partial charge on any atom is 0.329 e. The molecule has 1 aliphatic rings. The van der Waals surface area contributed by atoms with Crippen LogP contribution in [0.1, 0.15) is 24.9 Å². The van der Waals surface area contributed by atoms with Crippen LogP contribution >= 0.6 is 0 Å². The number of tetrazole rings is 1. The van der Waals surface area contributed by atoms with Gasteiger partial charge in [-0.2, -0.15) is 4.80 Å². The van der Waals surface area contributed by atoms with Crippen molar-refractivity contribution in [3.8, 4) is 11.4 Å². The van der Waals surface area contributed by atoms with Crippen LogP contribution in [0.5, 0.6) is 0 Å². The van der Waals surface area contributed by atoms with E-state index < -0.39 is 23.8 Å². The highest BCUT2D eigenvalue weighted by molar-refractivity contribution is 6.15. The van der Waals surface area contributed by atoms with Gasteiger partial charge in [0.25, 0.3) is 5.91 Å². The van der Waals surface area contributed by atoms with Gasteiger partial charge in [-0.25, -0.2) is 14.2 Å². The third-order valence-corrected chi connectivity index (χ3v) is 5.06. The Hall–Kier alpha value is -4.15. The lowest BCUT2D eigenvalue weighted by atomic mass is 10.0. The minimum atomic E-state index is -1.01. The molecular weight excluding hydrogens is 403 g/mol. The quantitative estimate of drug-likeness (QED) is 0.479. The third-order valence-electron chi connectivity index (χ3n) is 5.06. The van der Waals surface area contributed by atoms with Gasteiger partial charge in [0.05, 0.1) is 29.5 Å². The second kappa shape index (κ2) is 7.27. The highest BCUT2D eigenvalue weighted by Crippen LogP contribution is 2.34. The van der Waals surface area contributed by atoms with Gasteiger partial charge in [-0.15, -0.1) is 10.2 Å². The van der Waals surface area contributed by atoms with E-state index in [9.17, 15) is 14.0 Å². The fourth-order valence-corrected chi connectivity index (χ4v) is 3.64. The lowest BCUT2D eigenvalue weighted by Crippen LogP contribution is -2.29. The van der Waals surface area contributed by atoms with Crippen molar-refractivity contribution in [3.63, 3.8) is 0 Å². The van der Waals surface area contributed by atoms with E-state index in [1.807, 2.05) is 6.92 Å². The second-order valence-electron chi connectivity index (χ2n) is 7.12. The number of urea groups is 1. The summed E-state index contributed by atoms with van der Waals surface area (Å²) in [5.74, 6) is -0.982. The minimum absolute atomic E-state index is 0.158. The minimum Gasteiger partial charge on any atom is -0.345 e. The van der Waals surface area contributed by atoms with Crippen LogP contribution in [0.3, 0.4) is 0 Å². The van der Waals surface area contributed by atoms with Crippen molar-refractivity contribution in [1.82, 2.24) is 35.5 Å². The van der Waals surface area contributed by atoms with E-state index in [2.05, 4.69) is 30.7 Å². The molecule has 0 aliphatic carbocycles. The number of carbonyl (C=O) groups is 2. The summed E-state index contributed by atoms with van der Waals surface area (Å²) in [6.07, 6.45) is 2.36. The molecule has 11 heteroatoms. The average molecular weight is 420 g/mol. The van der Waals surface area contributed by atoms with Crippen LogP contribution in [0.4, 0.5) is 14.9 Å². The first-order valence-electron chi connectivity index (χ1n) is 9.70. The number of amides is 3. The zero-order valence-corrected chi connectivity index (χ0v) is 16.4. The number of imide groups is 1. The molecule has 2 N–H and O–H groups in total. The zero-order valence-electron chi connectivity index (χ0n) is 16.4. The van der Waals surface area contributed by atoms with Crippen LogP contribution in [0, 0.1) is 5.82 Å². The van der Waals surface area contributed by atoms with Crippen LogP contribution in [-0.4, -0.2) is 42.1 Å². The molecule has 2 aromatic carbocycles. The zero-order chi connectivity index (χ0) is 21.5. The van der Waals surface area contributed by atoms with Crippen LogP contribution in [0.15, 0.2) is 42.7 Å². The summed E-state index contributed by atoms with van der Waals surface area (Å²) in [5, 5.41) is 14.3. The van der Waals surface area contributed by atoms with E-state index in [1.54, 1.807) is 30.6 Å². The van der Waals surface area contributed by atoms with Gasteiger partial charge in [0.1, 0.15) is 11.9 Å². The van der Waals surface area contributed by atoms with Crippen molar-refractivity contribution in [1.29, 1.82) is 0 Å². The molecule has 31 heavy (non-hydrogen) atoms. The Morgan fingerprint density at radius 1 is 1.16 bits per heavy atom. The van der Waals surface area contributed by atoms with Gasteiger partial charge in [-0.1, -0.05) is 13.0 Å². The predicted molar refractivity (Wildman–Crippen MR) is 108 cm³/mol. The van der Waals surface area contributed by atoms with Crippen molar-refractivity contribution >= 4 is 28.7 Å². The first kappa shape index (κ1) is 18.9. The normalized spacial score (nSPS) is 16.3. The molecule has 2 aromatic heterocycles. The standard InChI is InChI=1S/C20H17FN8O2/c1-2-7-28-26-18(25-27-28)13-5-3-11(8-14(13)21)17-19(30)24-20(31)29(17)12-4-6-15-16(9-12)23-10-22-15/h3-6,8-10,17H,2,7H2,1H3,(H,22,23)(H,24,30,31). The second-order valence-corrected chi connectivity index (χ2v) is 7.12. The molecule has 10 nitrogen and oxygen atoms in total. The number of imidazole rings is 1. The van der Waals surface area contributed by atoms with Gasteiger partial charge in [0.15, 0.2) is 0 Å². The summed E-state index contributed by atoms with van der Waals surface area (Å²) in [6.45, 7) is 2.55. The highest BCUT2D eigenvalue weighted by Gasteiger charge is 2.41. The number of aryl methyl sites for hydroxylation is 1. The first-order valence-corrected chi connectivity index (χ1v) is 9.70. The van der Waals surface area contributed by atoms with Crippen LogP contribution in [-0.2, 0) is 11.3 Å². The van der Waals surface area contributed by atoms with Gasteiger partial charge >= 0.3 is 6.03 Å². The Morgan fingerprint density at radius 2 is 2.03 bits per heavy atom. The summed E-state index contributed by atoms with van der Waals surface area (Å²) in [4.78, 5) is 34.9. The van der Waals surface area contributed by atoms with Crippen LogP contribution < -0.4 is 10.2 Å². The fraction of sp³-hybridized carbons (Fsp3) is 0.200. The molecular formula is C20H17FN8O2. The van der Waals surface area contributed by atoms with E-state index in [1.165, 1.54) is 21.8 Å². The van der Waals surface area contributed by atoms with E-state index in [0.717, 1.165) is 11.9 Å². The summed E-state index contributed by atoms with van der Waals surface area (Å²) in [6, 6.07) is 7.85. The van der Waals surface area contributed by atoms with E-state index in [0.29, 0.717) is 23.3 Å². The molecule has 3 heterocycles. The first-order chi connectivity index (χ1) is 15.0. The van der Waals surface area contributed by atoms with Crippen molar-refractivity contribution < 1.29 is 14.0 Å². The predicted octanol–water partition coefficient (Wildman–Crippen LogP) is 2.56. The Morgan fingerprint density at radius 3 is 2.84 bits per heavy atom. The fourth-order valence-electron chi connectivity index (χ4n) is 3.64. The Bertz CT molecular complexity index is 1310. The monoisotopic (exact) mass is 420 g/mol. The van der Waals surface area contributed by atoms with Crippen LogP contribution in [0.2, 0.25) is 0 Å². The number of rotatable bonds is 5. The number of anilines is 1. The molecule has 156 valence electrons. The molecule has 3 amide bonds. The Kier molecular flexibility index (Phi) is 4.42. The number of halogens is 1. The number of carbonyl (C=O) groups excluding carboxylic acids is 2. The third kappa shape index (κ3) is 3.19. The molecule has 0 saturated carbocycles. The molecule has 1 aliphatic heterocycles. The molecule has 1 fully saturated rings. The molecule has 5 rings (SSSR count). The molecule has 1 saturated heterocycles. The lowest BCUT2D eigenvalue weighted by Gasteiger charge is -2.22. The maximum absolute atomic E-state index is 14.9. The number of aromatic nitrogens is 6. The van der Waals surface area contributed by atoms with Gasteiger partial charge in [-0.3, -0.25) is 15.0 Å². The highest BCUT2D eigenvalue weighted by atomic mass is 19.1. The molecule has 1 unspecified atom stereocenters. The number of aromatic amines is 1. The number of hydrogen-bond acceptors (Lipinski definition) is 6. The number of benzene rings is 2. The van der Waals surface area contributed by atoms with Crippen molar-refractivity contribution in [2.45, 2.75) is 25.9 Å². The Labute approximate surface area is 175 Å². The van der Waals surface area contributed by atoms with Crippen molar-refractivity contribution in [2.75, 3.05) is 4.90 Å². The van der Waals surface area contributed by atoms with Gasteiger partial charge in [0, 0.05) is 5.69 Å². The van der Waals surface area contributed by atoms with Crippen molar-refractivity contribution in [2.24, 2.45) is 0 Å². The summed E-state index contributed by atoms with van der Waals surface area (Å²) < 4.78 is 14.9. The molecule has 0 bridgehead atoms. The molecule has 0 spiro atoms. The van der Waals surface area contributed by atoms with Crippen molar-refractivity contribution in [3.05, 3.63) is 54.1 Å². The lowest BCUT2D eigenvalue weighted by molar-refractivity contribution is -0.119. The topological polar surface area (TPSA) is 122 Å². The number of hydrogen-bond donors (Lipinski definition) is 2. The Balaban J connectivity index is 1.51. The molecule has 1 atom stereocenters. The van der Waals surface area contributed by atoms with Gasteiger partial charge < -0.3 is 4.98 Å². The SMILES string of the molecule is CCCn1nnc(-c2ccc(C3C(=O)NC(=O)N3c3ccc4nc[nH]c4c3)cc2F)n1. The number of nitrogens with zero attached hydrogens (tertiary/aromatic N) is 6. The smallest absolute Gasteiger partial charge is 0.329 e. The summed E-state index contributed by atoms with van der Waals surface area (Å²) in [5.41, 5.74) is 2.42. The number of H-pyrrole nitrogens is 1. The van der Waals surface area contributed by atoms with Crippen LogP contribution in [0.25, 0.3) is 22.4 Å². The average Bonchev–Trinajstić information content (AvgIpc) is 3.46. The number of nitrogens with one attached hydrogen (secondary N) is 2.